The van der Waals surface area contributed by atoms with Crippen LogP contribution in [-0.2, 0) is 6.42 Å². The fourth-order valence-electron chi connectivity index (χ4n) is 2.21. The molecule has 2 aromatic rings. The highest BCUT2D eigenvalue weighted by Crippen LogP contribution is 2.38. The number of hydrogen-bond acceptors (Lipinski definition) is 3. The first-order valence-electron chi connectivity index (χ1n) is 5.64. The zero-order valence-electron chi connectivity index (χ0n) is 9.37. The summed E-state index contributed by atoms with van der Waals surface area (Å²) < 4.78 is 5.23. The van der Waals surface area contributed by atoms with E-state index in [1.807, 2.05) is 0 Å². The third-order valence-corrected chi connectivity index (χ3v) is 3.68. The second-order valence-electron chi connectivity index (χ2n) is 4.20. The molecule has 0 saturated carbocycles. The van der Waals surface area contributed by atoms with Crippen molar-refractivity contribution in [2.75, 3.05) is 0 Å². The van der Waals surface area contributed by atoms with Crippen molar-refractivity contribution in [2.45, 2.75) is 19.3 Å². The van der Waals surface area contributed by atoms with Crippen LogP contribution >= 0.6 is 23.2 Å². The van der Waals surface area contributed by atoms with E-state index >= 15 is 0 Å². The summed E-state index contributed by atoms with van der Waals surface area (Å²) in [5.74, 6) is 0.681. The molecule has 0 N–H and O–H groups in total. The van der Waals surface area contributed by atoms with E-state index in [4.69, 9.17) is 27.7 Å². The molecule has 1 aliphatic carbocycles. The van der Waals surface area contributed by atoms with E-state index < -0.39 is 0 Å². The molecule has 0 radical (unpaired) electrons. The highest BCUT2D eigenvalue weighted by Gasteiger charge is 2.28. The third-order valence-electron chi connectivity index (χ3n) is 3.05. The summed E-state index contributed by atoms with van der Waals surface area (Å²) in [5.41, 5.74) is 1.57. The SMILES string of the molecule is O=C1CCCc2onc(-c3c(Cl)cccc3Cl)c21. The molecule has 18 heavy (non-hydrogen) atoms. The van der Waals surface area contributed by atoms with Gasteiger partial charge in [-0.15, -0.1) is 0 Å². The molecule has 0 atom stereocenters. The van der Waals surface area contributed by atoms with E-state index in [1.165, 1.54) is 0 Å². The number of halogens is 2. The van der Waals surface area contributed by atoms with E-state index in [9.17, 15) is 4.79 Å². The van der Waals surface area contributed by atoms with Crippen molar-refractivity contribution in [3.63, 3.8) is 0 Å². The first-order valence-corrected chi connectivity index (χ1v) is 6.40. The van der Waals surface area contributed by atoms with Crippen molar-refractivity contribution in [1.82, 2.24) is 5.16 Å². The molecule has 1 heterocycles. The molecule has 0 unspecified atom stereocenters. The molecule has 3 rings (SSSR count). The Kier molecular flexibility index (Phi) is 2.88. The minimum Gasteiger partial charge on any atom is -0.360 e. The van der Waals surface area contributed by atoms with Crippen LogP contribution in [0, 0.1) is 0 Å². The highest BCUT2D eigenvalue weighted by molar-refractivity contribution is 6.39. The predicted molar refractivity (Wildman–Crippen MR) is 69.2 cm³/mol. The van der Waals surface area contributed by atoms with Crippen LogP contribution in [0.3, 0.4) is 0 Å². The Labute approximate surface area is 114 Å². The van der Waals surface area contributed by atoms with E-state index in [-0.39, 0.29) is 5.78 Å². The average Bonchev–Trinajstić information content (AvgIpc) is 2.74. The number of carbonyl (C=O) groups is 1. The van der Waals surface area contributed by atoms with Crippen molar-refractivity contribution in [3.8, 4) is 11.3 Å². The van der Waals surface area contributed by atoms with Crippen LogP contribution in [0.5, 0.6) is 0 Å². The van der Waals surface area contributed by atoms with E-state index in [0.29, 0.717) is 39.0 Å². The summed E-state index contributed by atoms with van der Waals surface area (Å²) in [4.78, 5) is 12.0. The maximum Gasteiger partial charge on any atom is 0.168 e. The van der Waals surface area contributed by atoms with Gasteiger partial charge in [-0.05, 0) is 18.6 Å². The number of rotatable bonds is 1. The molecule has 0 saturated heterocycles. The van der Waals surface area contributed by atoms with Crippen LogP contribution in [0.1, 0.15) is 29.0 Å². The van der Waals surface area contributed by atoms with Gasteiger partial charge in [-0.2, -0.15) is 0 Å². The summed E-state index contributed by atoms with van der Waals surface area (Å²) >= 11 is 12.3. The van der Waals surface area contributed by atoms with E-state index in [1.54, 1.807) is 18.2 Å². The number of hydrogen-bond donors (Lipinski definition) is 0. The molecular formula is C13H9Cl2NO2. The van der Waals surface area contributed by atoms with Crippen molar-refractivity contribution in [2.24, 2.45) is 0 Å². The van der Waals surface area contributed by atoms with Crippen LogP contribution in [-0.4, -0.2) is 10.9 Å². The fourth-order valence-corrected chi connectivity index (χ4v) is 2.79. The predicted octanol–water partition coefficient (Wildman–Crippen LogP) is 4.17. The molecule has 0 bridgehead atoms. The zero-order valence-corrected chi connectivity index (χ0v) is 10.9. The average molecular weight is 282 g/mol. The number of aromatic nitrogens is 1. The third kappa shape index (κ3) is 1.74. The Morgan fingerprint density at radius 1 is 1.11 bits per heavy atom. The molecule has 0 amide bonds. The molecule has 1 aromatic carbocycles. The number of ketones is 1. The van der Waals surface area contributed by atoms with Gasteiger partial charge in [0.05, 0.1) is 15.6 Å². The van der Waals surface area contributed by atoms with Gasteiger partial charge < -0.3 is 4.52 Å². The first kappa shape index (κ1) is 11.8. The van der Waals surface area contributed by atoms with Crippen molar-refractivity contribution < 1.29 is 9.32 Å². The number of benzene rings is 1. The number of aryl methyl sites for hydroxylation is 1. The smallest absolute Gasteiger partial charge is 0.168 e. The van der Waals surface area contributed by atoms with E-state index in [0.717, 1.165) is 12.8 Å². The molecular weight excluding hydrogens is 273 g/mol. The molecule has 0 fully saturated rings. The summed E-state index contributed by atoms with van der Waals surface area (Å²) in [7, 11) is 0. The van der Waals surface area contributed by atoms with Crippen LogP contribution in [0.2, 0.25) is 10.0 Å². The standard InChI is InChI=1S/C13H9Cl2NO2/c14-7-3-1-4-8(15)11(7)13-12-9(17)5-2-6-10(12)18-16-13/h1,3-4H,2,5-6H2. The summed E-state index contributed by atoms with van der Waals surface area (Å²) in [6.45, 7) is 0. The molecule has 92 valence electrons. The van der Waals surface area contributed by atoms with Crippen molar-refractivity contribution in [3.05, 3.63) is 39.6 Å². The first-order chi connectivity index (χ1) is 8.68. The maximum absolute atomic E-state index is 12.0. The Morgan fingerprint density at radius 3 is 2.56 bits per heavy atom. The number of fused-ring (bicyclic) bond motifs is 1. The Bertz CT molecular complexity index is 614. The summed E-state index contributed by atoms with van der Waals surface area (Å²) in [6.07, 6.45) is 2.05. The zero-order chi connectivity index (χ0) is 12.7. The van der Waals surface area contributed by atoms with Gasteiger partial charge in [0.2, 0.25) is 0 Å². The quantitative estimate of drug-likeness (QED) is 0.788. The summed E-state index contributed by atoms with van der Waals surface area (Å²) in [6, 6.07) is 5.19. The number of Topliss-reactive ketones (excluding diaryl/α,β-unsaturated/α-hetero) is 1. The number of carbonyl (C=O) groups excluding carboxylic acids is 1. The largest absolute Gasteiger partial charge is 0.360 e. The molecule has 1 aromatic heterocycles. The van der Waals surface area contributed by atoms with Crippen LogP contribution in [0.4, 0.5) is 0 Å². The molecule has 3 nitrogen and oxygen atoms in total. The van der Waals surface area contributed by atoms with Crippen molar-refractivity contribution in [1.29, 1.82) is 0 Å². The summed E-state index contributed by atoms with van der Waals surface area (Å²) in [5, 5.41) is 4.91. The second-order valence-corrected chi connectivity index (χ2v) is 5.02. The number of nitrogens with zero attached hydrogens (tertiary/aromatic N) is 1. The van der Waals surface area contributed by atoms with Gasteiger partial charge in [0, 0.05) is 18.4 Å². The van der Waals surface area contributed by atoms with Crippen LogP contribution < -0.4 is 0 Å². The maximum atomic E-state index is 12.0. The monoisotopic (exact) mass is 281 g/mol. The topological polar surface area (TPSA) is 43.1 Å². The fraction of sp³-hybridized carbons (Fsp3) is 0.231. The Hall–Kier alpha value is -1.32. The normalized spacial score (nSPS) is 14.7. The lowest BCUT2D eigenvalue weighted by Gasteiger charge is -2.09. The molecule has 5 heteroatoms. The molecule has 1 aliphatic rings. The molecule has 0 spiro atoms. The minimum atomic E-state index is 0.0449. The van der Waals surface area contributed by atoms with Crippen molar-refractivity contribution >= 4 is 29.0 Å². The van der Waals surface area contributed by atoms with Gasteiger partial charge in [-0.25, -0.2) is 0 Å². The lowest BCUT2D eigenvalue weighted by molar-refractivity contribution is 0.0969. The van der Waals surface area contributed by atoms with Gasteiger partial charge in [0.1, 0.15) is 11.5 Å². The second kappa shape index (κ2) is 4.41. The van der Waals surface area contributed by atoms with Crippen LogP contribution in [0.25, 0.3) is 11.3 Å². The lowest BCUT2D eigenvalue weighted by atomic mass is 9.93. The van der Waals surface area contributed by atoms with Crippen LogP contribution in [0.15, 0.2) is 22.7 Å². The van der Waals surface area contributed by atoms with E-state index in [2.05, 4.69) is 5.16 Å². The van der Waals surface area contributed by atoms with Gasteiger partial charge in [0.25, 0.3) is 0 Å². The van der Waals surface area contributed by atoms with Gasteiger partial charge in [-0.1, -0.05) is 34.4 Å². The molecule has 0 aliphatic heterocycles. The highest BCUT2D eigenvalue weighted by atomic mass is 35.5. The minimum absolute atomic E-state index is 0.0449. The van der Waals surface area contributed by atoms with Gasteiger partial charge in [-0.3, -0.25) is 4.79 Å². The van der Waals surface area contributed by atoms with Gasteiger partial charge in [0.15, 0.2) is 5.78 Å². The Morgan fingerprint density at radius 2 is 1.83 bits per heavy atom. The lowest BCUT2D eigenvalue weighted by Crippen LogP contribution is -2.09. The Balaban J connectivity index is 2.25. The van der Waals surface area contributed by atoms with Gasteiger partial charge >= 0.3 is 0 Å².